The van der Waals surface area contributed by atoms with E-state index >= 15 is 0 Å². The molecule has 0 radical (unpaired) electrons. The summed E-state index contributed by atoms with van der Waals surface area (Å²) in [5.74, 6) is 0.452. The van der Waals surface area contributed by atoms with Crippen LogP contribution in [0.25, 0.3) is 0 Å². The van der Waals surface area contributed by atoms with Crippen LogP contribution in [0.15, 0.2) is 24.3 Å². The quantitative estimate of drug-likeness (QED) is 0.846. The van der Waals surface area contributed by atoms with E-state index in [1.54, 1.807) is 0 Å². The number of amides is 2. The van der Waals surface area contributed by atoms with E-state index in [2.05, 4.69) is 10.6 Å². The number of carbonyl (C=O) groups excluding carboxylic acids is 1. The molecule has 1 aromatic carbocycles. The average Bonchev–Trinajstić information content (AvgIpc) is 2.82. The Morgan fingerprint density at radius 3 is 2.45 bits per heavy atom. The van der Waals surface area contributed by atoms with Crippen LogP contribution in [0.3, 0.4) is 0 Å². The second-order valence-corrected chi connectivity index (χ2v) is 8.12. The van der Waals surface area contributed by atoms with Gasteiger partial charge in [-0.2, -0.15) is 0 Å². The summed E-state index contributed by atoms with van der Waals surface area (Å²) in [4.78, 5) is 13.7. The summed E-state index contributed by atoms with van der Waals surface area (Å²) in [6.45, 7) is 0.854. The summed E-state index contributed by atoms with van der Waals surface area (Å²) in [7, 11) is 1.07. The number of sulfone groups is 1. The molecular weight excluding hydrogens is 302 g/mol. The summed E-state index contributed by atoms with van der Waals surface area (Å²) in [5.41, 5.74) is 2.12. The Kier molecular flexibility index (Phi) is 5.28. The topological polar surface area (TPSA) is 78.5 Å². The highest BCUT2D eigenvalue weighted by atomic mass is 32.2. The van der Waals surface area contributed by atoms with Crippen molar-refractivity contribution in [2.45, 2.75) is 13.0 Å². The number of anilines is 1. The Bertz CT molecular complexity index is 611. The van der Waals surface area contributed by atoms with Crippen LogP contribution in [0.4, 0.5) is 10.5 Å². The van der Waals surface area contributed by atoms with Crippen molar-refractivity contribution in [3.05, 3.63) is 29.8 Å². The van der Waals surface area contributed by atoms with Crippen molar-refractivity contribution in [1.29, 1.82) is 0 Å². The van der Waals surface area contributed by atoms with Crippen molar-refractivity contribution >= 4 is 21.6 Å². The van der Waals surface area contributed by atoms with Gasteiger partial charge in [-0.25, -0.2) is 13.2 Å². The summed E-state index contributed by atoms with van der Waals surface area (Å²) >= 11 is 0. The van der Waals surface area contributed by atoms with Gasteiger partial charge in [0.2, 0.25) is 0 Å². The van der Waals surface area contributed by atoms with Gasteiger partial charge < -0.3 is 15.5 Å². The maximum Gasteiger partial charge on any atom is 0.315 e. The molecule has 1 saturated heterocycles. The highest BCUT2D eigenvalue weighted by Gasteiger charge is 2.27. The van der Waals surface area contributed by atoms with Gasteiger partial charge in [-0.3, -0.25) is 0 Å². The van der Waals surface area contributed by atoms with E-state index in [9.17, 15) is 13.2 Å². The first kappa shape index (κ1) is 16.6. The SMILES string of the molecule is CN(C)c1ccc(CNC(=O)NCC2CCS(=O)(=O)C2)cc1. The van der Waals surface area contributed by atoms with Crippen LogP contribution in [0.1, 0.15) is 12.0 Å². The number of nitrogens with zero attached hydrogens (tertiary/aromatic N) is 1. The first-order chi connectivity index (χ1) is 10.4. The fourth-order valence-electron chi connectivity index (χ4n) is 2.43. The number of hydrogen-bond donors (Lipinski definition) is 2. The van der Waals surface area contributed by atoms with Crippen LogP contribution in [-0.2, 0) is 16.4 Å². The fraction of sp³-hybridized carbons (Fsp3) is 0.533. The highest BCUT2D eigenvalue weighted by molar-refractivity contribution is 7.91. The molecule has 1 aromatic rings. The summed E-state index contributed by atoms with van der Waals surface area (Å²) < 4.78 is 22.7. The van der Waals surface area contributed by atoms with Crippen molar-refractivity contribution in [3.8, 4) is 0 Å². The van der Waals surface area contributed by atoms with E-state index in [1.807, 2.05) is 43.3 Å². The molecule has 1 heterocycles. The molecule has 2 rings (SSSR count). The van der Waals surface area contributed by atoms with Crippen molar-refractivity contribution in [1.82, 2.24) is 10.6 Å². The van der Waals surface area contributed by atoms with Gasteiger partial charge in [0.25, 0.3) is 0 Å². The minimum atomic E-state index is -2.89. The normalized spacial score (nSPS) is 19.6. The minimum absolute atomic E-state index is 0.0372. The fourth-order valence-corrected chi connectivity index (χ4v) is 4.29. The first-order valence-corrected chi connectivity index (χ1v) is 9.16. The van der Waals surface area contributed by atoms with Gasteiger partial charge in [0, 0.05) is 32.9 Å². The zero-order valence-corrected chi connectivity index (χ0v) is 13.8. The van der Waals surface area contributed by atoms with E-state index < -0.39 is 9.84 Å². The number of carbonyl (C=O) groups is 1. The van der Waals surface area contributed by atoms with E-state index in [4.69, 9.17) is 0 Å². The Morgan fingerprint density at radius 1 is 1.23 bits per heavy atom. The lowest BCUT2D eigenvalue weighted by molar-refractivity contribution is 0.239. The van der Waals surface area contributed by atoms with Gasteiger partial charge >= 0.3 is 6.03 Å². The third-order valence-electron chi connectivity index (χ3n) is 3.78. The lowest BCUT2D eigenvalue weighted by atomic mass is 10.1. The molecule has 0 saturated carbocycles. The summed E-state index contributed by atoms with van der Waals surface area (Å²) in [6.07, 6.45) is 0.634. The molecule has 2 amide bonds. The van der Waals surface area contributed by atoms with Crippen LogP contribution in [0, 0.1) is 5.92 Å². The molecule has 7 heteroatoms. The molecule has 0 bridgehead atoms. The summed E-state index contributed by atoms with van der Waals surface area (Å²) in [6, 6.07) is 7.68. The van der Waals surface area contributed by atoms with Gasteiger partial charge in [0.15, 0.2) is 9.84 Å². The molecule has 1 aliphatic heterocycles. The van der Waals surface area contributed by atoms with Crippen LogP contribution in [-0.4, -0.2) is 46.6 Å². The van der Waals surface area contributed by atoms with Crippen LogP contribution in [0.5, 0.6) is 0 Å². The van der Waals surface area contributed by atoms with Gasteiger partial charge in [0.1, 0.15) is 0 Å². The molecule has 22 heavy (non-hydrogen) atoms. The zero-order chi connectivity index (χ0) is 16.2. The molecular formula is C15H23N3O3S. The Labute approximate surface area is 131 Å². The van der Waals surface area contributed by atoms with Crippen LogP contribution >= 0.6 is 0 Å². The molecule has 1 aliphatic rings. The molecule has 0 aromatic heterocycles. The first-order valence-electron chi connectivity index (χ1n) is 7.34. The maximum atomic E-state index is 11.7. The predicted molar refractivity (Wildman–Crippen MR) is 87.8 cm³/mol. The van der Waals surface area contributed by atoms with Gasteiger partial charge in [-0.15, -0.1) is 0 Å². The highest BCUT2D eigenvalue weighted by Crippen LogP contribution is 2.17. The summed E-state index contributed by atoms with van der Waals surface area (Å²) in [5, 5.41) is 5.52. The number of nitrogens with one attached hydrogen (secondary N) is 2. The molecule has 2 N–H and O–H groups in total. The molecule has 0 spiro atoms. The molecule has 6 nitrogen and oxygen atoms in total. The Morgan fingerprint density at radius 2 is 1.91 bits per heavy atom. The standard InChI is InChI=1S/C15H23N3O3S/c1-18(2)14-5-3-12(4-6-14)9-16-15(19)17-10-13-7-8-22(20,21)11-13/h3-6,13H,7-11H2,1-2H3,(H2,16,17,19). The predicted octanol–water partition coefficient (Wildman–Crippen LogP) is 0.987. The molecule has 1 unspecified atom stereocenters. The zero-order valence-electron chi connectivity index (χ0n) is 13.0. The molecule has 0 aliphatic carbocycles. The van der Waals surface area contributed by atoms with E-state index in [-0.39, 0.29) is 23.5 Å². The maximum absolute atomic E-state index is 11.7. The Balaban J connectivity index is 1.71. The van der Waals surface area contributed by atoms with Gasteiger partial charge in [0.05, 0.1) is 11.5 Å². The lowest BCUT2D eigenvalue weighted by Crippen LogP contribution is -2.38. The lowest BCUT2D eigenvalue weighted by Gasteiger charge is -2.13. The number of rotatable bonds is 5. The van der Waals surface area contributed by atoms with Crippen molar-refractivity contribution in [2.75, 3.05) is 37.0 Å². The van der Waals surface area contributed by atoms with Gasteiger partial charge in [-0.05, 0) is 30.0 Å². The molecule has 1 atom stereocenters. The third-order valence-corrected chi connectivity index (χ3v) is 5.62. The van der Waals surface area contributed by atoms with Crippen molar-refractivity contribution in [3.63, 3.8) is 0 Å². The largest absolute Gasteiger partial charge is 0.378 e. The van der Waals surface area contributed by atoms with Crippen LogP contribution < -0.4 is 15.5 Å². The molecule has 122 valence electrons. The van der Waals surface area contributed by atoms with E-state index in [0.29, 0.717) is 19.5 Å². The minimum Gasteiger partial charge on any atom is -0.378 e. The third kappa shape index (κ3) is 4.91. The second kappa shape index (κ2) is 7.00. The smallest absolute Gasteiger partial charge is 0.315 e. The molecule has 1 fully saturated rings. The number of urea groups is 1. The second-order valence-electron chi connectivity index (χ2n) is 5.89. The van der Waals surface area contributed by atoms with Crippen LogP contribution in [0.2, 0.25) is 0 Å². The van der Waals surface area contributed by atoms with E-state index in [0.717, 1.165) is 11.3 Å². The Hall–Kier alpha value is -1.76. The monoisotopic (exact) mass is 325 g/mol. The van der Waals surface area contributed by atoms with Gasteiger partial charge in [-0.1, -0.05) is 12.1 Å². The average molecular weight is 325 g/mol. The van der Waals surface area contributed by atoms with Crippen molar-refractivity contribution in [2.24, 2.45) is 5.92 Å². The number of hydrogen-bond acceptors (Lipinski definition) is 4. The van der Waals surface area contributed by atoms with E-state index in [1.165, 1.54) is 0 Å². The van der Waals surface area contributed by atoms with Crippen molar-refractivity contribution < 1.29 is 13.2 Å². The number of benzene rings is 1.